The second kappa shape index (κ2) is 7.14. The lowest BCUT2D eigenvalue weighted by atomic mass is 9.49. The first-order chi connectivity index (χ1) is 12.4. The van der Waals surface area contributed by atoms with Gasteiger partial charge in [-0.15, -0.1) is 0 Å². The average Bonchev–Trinajstić information content (AvgIpc) is 2.58. The van der Waals surface area contributed by atoms with Crippen molar-refractivity contribution in [2.24, 2.45) is 29.1 Å². The van der Waals surface area contributed by atoms with Crippen LogP contribution in [0.1, 0.15) is 71.6 Å². The molecule has 5 aliphatic rings. The Balaban J connectivity index is 1.41. The number of hydrazine groups is 1. The molecule has 26 heavy (non-hydrogen) atoms. The summed E-state index contributed by atoms with van der Waals surface area (Å²) in [5.41, 5.74) is 2.87. The molecular formula is C21H35N3O2. The summed E-state index contributed by atoms with van der Waals surface area (Å²) < 4.78 is 0. The molecule has 4 bridgehead atoms. The highest BCUT2D eigenvalue weighted by Gasteiger charge is 2.55. The molecule has 0 aromatic rings. The lowest BCUT2D eigenvalue weighted by Crippen LogP contribution is -2.60. The first kappa shape index (κ1) is 18.3. The molecule has 5 heteroatoms. The zero-order chi connectivity index (χ0) is 18.3. The molecule has 5 rings (SSSR count). The van der Waals surface area contributed by atoms with Crippen molar-refractivity contribution in [1.82, 2.24) is 15.8 Å². The number of amides is 2. The van der Waals surface area contributed by atoms with Crippen LogP contribution < -0.4 is 10.7 Å². The topological polar surface area (TPSA) is 61.4 Å². The van der Waals surface area contributed by atoms with Crippen LogP contribution in [0.3, 0.4) is 0 Å². The van der Waals surface area contributed by atoms with E-state index < -0.39 is 6.04 Å². The van der Waals surface area contributed by atoms with Gasteiger partial charge in [0, 0.05) is 18.5 Å². The third kappa shape index (κ3) is 3.51. The average molecular weight is 362 g/mol. The molecule has 1 aliphatic heterocycles. The van der Waals surface area contributed by atoms with Crippen molar-refractivity contribution >= 4 is 11.8 Å². The number of carbonyl (C=O) groups is 2. The van der Waals surface area contributed by atoms with Crippen LogP contribution >= 0.6 is 0 Å². The first-order valence-electron chi connectivity index (χ1n) is 10.8. The number of hydrogen-bond donors (Lipinski definition) is 2. The van der Waals surface area contributed by atoms with Crippen molar-refractivity contribution in [3.8, 4) is 0 Å². The monoisotopic (exact) mass is 361 g/mol. The molecule has 5 nitrogen and oxygen atoms in total. The van der Waals surface area contributed by atoms with E-state index in [2.05, 4.69) is 10.7 Å². The molecule has 0 aromatic carbocycles. The lowest BCUT2D eigenvalue weighted by molar-refractivity contribution is -0.149. The van der Waals surface area contributed by atoms with Crippen molar-refractivity contribution in [2.75, 3.05) is 13.1 Å². The Bertz CT molecular complexity index is 518. The Morgan fingerprint density at radius 1 is 0.923 bits per heavy atom. The summed E-state index contributed by atoms with van der Waals surface area (Å²) in [5.74, 6) is 2.44. The van der Waals surface area contributed by atoms with Crippen molar-refractivity contribution in [3.63, 3.8) is 0 Å². The fraction of sp³-hybridized carbons (Fsp3) is 0.905. The van der Waals surface area contributed by atoms with E-state index in [1.807, 2.05) is 18.9 Å². The maximum absolute atomic E-state index is 13.3. The van der Waals surface area contributed by atoms with Crippen LogP contribution in [0.5, 0.6) is 0 Å². The minimum absolute atomic E-state index is 0.0417. The molecule has 4 saturated carbocycles. The third-order valence-corrected chi connectivity index (χ3v) is 7.38. The van der Waals surface area contributed by atoms with Gasteiger partial charge in [0.2, 0.25) is 5.91 Å². The van der Waals surface area contributed by atoms with Crippen LogP contribution in [0, 0.1) is 29.1 Å². The number of nitrogens with zero attached hydrogens (tertiary/aromatic N) is 1. The van der Waals surface area contributed by atoms with Crippen molar-refractivity contribution in [2.45, 2.75) is 77.7 Å². The summed E-state index contributed by atoms with van der Waals surface area (Å²) in [5, 5.41) is 5.21. The van der Waals surface area contributed by atoms with Gasteiger partial charge >= 0.3 is 0 Å². The van der Waals surface area contributed by atoms with Crippen molar-refractivity contribution in [1.29, 1.82) is 0 Å². The molecule has 4 aliphatic carbocycles. The number of piperidine rings is 1. The first-order valence-corrected chi connectivity index (χ1v) is 10.8. The summed E-state index contributed by atoms with van der Waals surface area (Å²) in [4.78, 5) is 26.2. The largest absolute Gasteiger partial charge is 0.344 e. The van der Waals surface area contributed by atoms with Gasteiger partial charge in [-0.05, 0) is 75.0 Å². The Morgan fingerprint density at radius 2 is 1.46 bits per heavy atom. The molecule has 0 aromatic heterocycles. The minimum atomic E-state index is -0.433. The van der Waals surface area contributed by atoms with Crippen LogP contribution in [0.25, 0.3) is 0 Å². The predicted molar refractivity (Wildman–Crippen MR) is 101 cm³/mol. The molecular weight excluding hydrogens is 326 g/mol. The van der Waals surface area contributed by atoms with Crippen LogP contribution in [0.4, 0.5) is 0 Å². The van der Waals surface area contributed by atoms with Gasteiger partial charge in [0.1, 0.15) is 6.04 Å². The standard InChI is InChI=1S/C21H35N3O2/c1-14(2)18(19(25)23-24-6-4-3-5-7-24)22-20(26)21-11-15-8-16(12-21)10-17(9-15)13-21/h14-18H,3-13H2,1-2H3,(H,22,26)(H,23,25)/t15?,16?,17?,18-,21?/m0/s1. The zero-order valence-corrected chi connectivity index (χ0v) is 16.4. The molecule has 146 valence electrons. The maximum Gasteiger partial charge on any atom is 0.257 e. The van der Waals surface area contributed by atoms with Crippen LogP contribution in [0.15, 0.2) is 0 Å². The number of rotatable bonds is 5. The molecule has 0 radical (unpaired) electrons. The molecule has 2 N–H and O–H groups in total. The molecule has 0 unspecified atom stereocenters. The molecule has 1 atom stereocenters. The SMILES string of the molecule is CC(C)[C@H](NC(=O)C12CC3CC(CC(C3)C1)C2)C(=O)NN1CCCCC1. The van der Waals surface area contributed by atoms with Gasteiger partial charge in [-0.3, -0.25) is 15.0 Å². The molecule has 1 saturated heterocycles. The molecule has 5 fully saturated rings. The molecule has 1 heterocycles. The summed E-state index contributed by atoms with van der Waals surface area (Å²) in [6, 6.07) is -0.433. The van der Waals surface area contributed by atoms with E-state index in [-0.39, 0.29) is 23.1 Å². The zero-order valence-electron chi connectivity index (χ0n) is 16.4. The van der Waals surface area contributed by atoms with E-state index in [1.54, 1.807) is 0 Å². The highest BCUT2D eigenvalue weighted by atomic mass is 16.2. The Labute approximate surface area is 157 Å². The Kier molecular flexibility index (Phi) is 5.02. The number of nitrogens with one attached hydrogen (secondary N) is 2. The van der Waals surface area contributed by atoms with E-state index >= 15 is 0 Å². The highest BCUT2D eigenvalue weighted by molar-refractivity contribution is 5.90. The Morgan fingerprint density at radius 3 is 1.96 bits per heavy atom. The van der Waals surface area contributed by atoms with E-state index in [4.69, 9.17) is 0 Å². The fourth-order valence-electron chi connectivity index (χ4n) is 6.45. The van der Waals surface area contributed by atoms with Crippen LogP contribution in [-0.2, 0) is 9.59 Å². The van der Waals surface area contributed by atoms with Gasteiger partial charge in [-0.25, -0.2) is 5.01 Å². The van der Waals surface area contributed by atoms with E-state index in [0.717, 1.165) is 62.9 Å². The predicted octanol–water partition coefficient (Wildman–Crippen LogP) is 2.86. The fourth-order valence-corrected chi connectivity index (χ4v) is 6.45. The van der Waals surface area contributed by atoms with Crippen molar-refractivity contribution in [3.05, 3.63) is 0 Å². The summed E-state index contributed by atoms with van der Waals surface area (Å²) in [6.45, 7) is 5.89. The highest BCUT2D eigenvalue weighted by Crippen LogP contribution is 2.60. The van der Waals surface area contributed by atoms with Crippen molar-refractivity contribution < 1.29 is 9.59 Å². The van der Waals surface area contributed by atoms with Gasteiger partial charge in [0.15, 0.2) is 0 Å². The third-order valence-electron chi connectivity index (χ3n) is 7.38. The number of hydrogen-bond acceptors (Lipinski definition) is 3. The van der Waals surface area contributed by atoms with E-state index in [0.29, 0.717) is 0 Å². The summed E-state index contributed by atoms with van der Waals surface area (Å²) in [7, 11) is 0. The normalized spacial score (nSPS) is 37.6. The van der Waals surface area contributed by atoms with Crippen LogP contribution in [-0.4, -0.2) is 36.0 Å². The quantitative estimate of drug-likeness (QED) is 0.791. The smallest absolute Gasteiger partial charge is 0.257 e. The lowest BCUT2D eigenvalue weighted by Gasteiger charge is -2.55. The van der Waals surface area contributed by atoms with Gasteiger partial charge in [-0.1, -0.05) is 20.3 Å². The Hall–Kier alpha value is -1.10. The summed E-state index contributed by atoms with van der Waals surface area (Å²) in [6.07, 6.45) is 10.6. The summed E-state index contributed by atoms with van der Waals surface area (Å²) >= 11 is 0. The maximum atomic E-state index is 13.3. The molecule has 0 spiro atoms. The van der Waals surface area contributed by atoms with Gasteiger partial charge in [0.05, 0.1) is 0 Å². The minimum Gasteiger partial charge on any atom is -0.344 e. The second-order valence-electron chi connectivity index (χ2n) is 9.92. The van der Waals surface area contributed by atoms with Gasteiger partial charge in [0.25, 0.3) is 5.91 Å². The van der Waals surface area contributed by atoms with Gasteiger partial charge in [-0.2, -0.15) is 0 Å². The second-order valence-corrected chi connectivity index (χ2v) is 9.92. The number of carbonyl (C=O) groups excluding carboxylic acids is 2. The van der Waals surface area contributed by atoms with E-state index in [9.17, 15) is 9.59 Å². The van der Waals surface area contributed by atoms with E-state index in [1.165, 1.54) is 25.7 Å². The molecule has 2 amide bonds. The van der Waals surface area contributed by atoms with Gasteiger partial charge < -0.3 is 5.32 Å². The van der Waals surface area contributed by atoms with Crippen LogP contribution in [0.2, 0.25) is 0 Å².